The molecule has 1 saturated heterocycles. The molecule has 1 fully saturated rings. The van der Waals surface area contributed by atoms with Crippen LogP contribution in [0.2, 0.25) is 0 Å². The van der Waals surface area contributed by atoms with Crippen LogP contribution in [0, 0.1) is 6.92 Å². The third-order valence-electron chi connectivity index (χ3n) is 3.30. The van der Waals surface area contributed by atoms with Crippen LogP contribution < -0.4 is 5.56 Å². The summed E-state index contributed by atoms with van der Waals surface area (Å²) < 4.78 is 0. The molecule has 82 valence electrons. The summed E-state index contributed by atoms with van der Waals surface area (Å²) in [6.45, 7) is 3.18. The van der Waals surface area contributed by atoms with E-state index < -0.39 is 0 Å². The van der Waals surface area contributed by atoms with Crippen LogP contribution in [-0.2, 0) is 0 Å². The molecular formula is C12H18N2O. The van der Waals surface area contributed by atoms with Crippen molar-refractivity contribution in [2.24, 2.45) is 0 Å². The van der Waals surface area contributed by atoms with Gasteiger partial charge in [0.15, 0.2) is 0 Å². The molecule has 1 atom stereocenters. The highest BCUT2D eigenvalue weighted by Gasteiger charge is 2.21. The third kappa shape index (κ3) is 2.12. The lowest BCUT2D eigenvalue weighted by Crippen LogP contribution is -2.30. The number of aryl methyl sites for hydroxylation is 1. The first-order valence-corrected chi connectivity index (χ1v) is 5.58. The van der Waals surface area contributed by atoms with Crippen molar-refractivity contribution >= 4 is 0 Å². The largest absolute Gasteiger partial charge is 0.329 e. The van der Waals surface area contributed by atoms with Crippen molar-refractivity contribution in [3.63, 3.8) is 0 Å². The average Bonchev–Trinajstić information content (AvgIpc) is 2.20. The standard InChI is InChI=1S/C12H18N2O/c1-9-7-12(15)13-8-10(9)11-5-3-4-6-14(11)2/h7-8,11H,3-6H2,1-2H3,(H,13,15). The van der Waals surface area contributed by atoms with Crippen molar-refractivity contribution in [1.82, 2.24) is 9.88 Å². The zero-order valence-corrected chi connectivity index (χ0v) is 9.42. The molecule has 1 aliphatic rings. The molecular weight excluding hydrogens is 188 g/mol. The Balaban J connectivity index is 2.31. The number of rotatable bonds is 1. The van der Waals surface area contributed by atoms with E-state index in [1.165, 1.54) is 24.8 Å². The van der Waals surface area contributed by atoms with Crippen molar-refractivity contribution in [3.05, 3.63) is 33.7 Å². The van der Waals surface area contributed by atoms with E-state index in [0.717, 1.165) is 12.1 Å². The van der Waals surface area contributed by atoms with Gasteiger partial charge < -0.3 is 4.98 Å². The highest BCUT2D eigenvalue weighted by molar-refractivity contribution is 5.25. The molecule has 3 nitrogen and oxygen atoms in total. The highest BCUT2D eigenvalue weighted by atomic mass is 16.1. The van der Waals surface area contributed by atoms with Gasteiger partial charge in [0, 0.05) is 18.3 Å². The maximum Gasteiger partial charge on any atom is 0.248 e. The van der Waals surface area contributed by atoms with Crippen molar-refractivity contribution in [1.29, 1.82) is 0 Å². The summed E-state index contributed by atoms with van der Waals surface area (Å²) in [5, 5.41) is 0. The van der Waals surface area contributed by atoms with Gasteiger partial charge in [-0.1, -0.05) is 6.42 Å². The number of hydrogen-bond donors (Lipinski definition) is 1. The zero-order chi connectivity index (χ0) is 10.8. The Morgan fingerprint density at radius 2 is 2.27 bits per heavy atom. The number of aromatic nitrogens is 1. The molecule has 1 aromatic heterocycles. The molecule has 1 N–H and O–H groups in total. The van der Waals surface area contributed by atoms with Gasteiger partial charge >= 0.3 is 0 Å². The smallest absolute Gasteiger partial charge is 0.248 e. The molecule has 2 rings (SSSR count). The molecule has 0 aromatic carbocycles. The van der Waals surface area contributed by atoms with Crippen LogP contribution in [0.15, 0.2) is 17.1 Å². The quantitative estimate of drug-likeness (QED) is 0.761. The van der Waals surface area contributed by atoms with E-state index in [0.29, 0.717) is 6.04 Å². The number of likely N-dealkylation sites (tertiary alicyclic amines) is 1. The minimum absolute atomic E-state index is 0.00490. The first kappa shape index (κ1) is 10.4. The first-order valence-electron chi connectivity index (χ1n) is 5.58. The van der Waals surface area contributed by atoms with Gasteiger partial charge in [-0.3, -0.25) is 9.69 Å². The lowest BCUT2D eigenvalue weighted by atomic mass is 9.94. The van der Waals surface area contributed by atoms with Gasteiger partial charge in [0.05, 0.1) is 0 Å². The van der Waals surface area contributed by atoms with Gasteiger partial charge in [-0.2, -0.15) is 0 Å². The Bertz CT molecular complexity index is 397. The number of hydrogen-bond acceptors (Lipinski definition) is 2. The van der Waals surface area contributed by atoms with Gasteiger partial charge in [-0.05, 0) is 44.5 Å². The molecule has 1 unspecified atom stereocenters. The van der Waals surface area contributed by atoms with Gasteiger partial charge in [0.25, 0.3) is 0 Å². The summed E-state index contributed by atoms with van der Waals surface area (Å²) in [4.78, 5) is 16.3. The Kier molecular flexibility index (Phi) is 2.91. The van der Waals surface area contributed by atoms with Crippen LogP contribution >= 0.6 is 0 Å². The number of H-pyrrole nitrogens is 1. The molecule has 1 aromatic rings. The Morgan fingerprint density at radius 3 is 2.93 bits per heavy atom. The second kappa shape index (κ2) is 4.19. The average molecular weight is 206 g/mol. The van der Waals surface area contributed by atoms with Crippen LogP contribution in [0.1, 0.15) is 36.4 Å². The number of piperidine rings is 1. The number of nitrogens with one attached hydrogen (secondary N) is 1. The molecule has 15 heavy (non-hydrogen) atoms. The van der Waals surface area contributed by atoms with Crippen molar-refractivity contribution < 1.29 is 0 Å². The van der Waals surface area contributed by atoms with Crippen LogP contribution in [0.25, 0.3) is 0 Å². The Labute approximate surface area is 90.1 Å². The van der Waals surface area contributed by atoms with E-state index in [1.807, 2.05) is 13.1 Å². The minimum Gasteiger partial charge on any atom is -0.329 e. The van der Waals surface area contributed by atoms with E-state index >= 15 is 0 Å². The second-order valence-corrected chi connectivity index (χ2v) is 4.43. The van der Waals surface area contributed by atoms with Gasteiger partial charge in [0.1, 0.15) is 0 Å². The number of nitrogens with zero attached hydrogens (tertiary/aromatic N) is 1. The summed E-state index contributed by atoms with van der Waals surface area (Å²) in [6, 6.07) is 2.17. The lowest BCUT2D eigenvalue weighted by molar-refractivity contribution is 0.186. The van der Waals surface area contributed by atoms with E-state index in [9.17, 15) is 4.79 Å². The zero-order valence-electron chi connectivity index (χ0n) is 9.42. The molecule has 0 radical (unpaired) electrons. The summed E-state index contributed by atoms with van der Waals surface area (Å²) in [5.74, 6) is 0. The van der Waals surface area contributed by atoms with Crippen LogP contribution in [0.4, 0.5) is 0 Å². The van der Waals surface area contributed by atoms with Crippen LogP contribution in [0.5, 0.6) is 0 Å². The predicted molar refractivity (Wildman–Crippen MR) is 61.0 cm³/mol. The fourth-order valence-electron chi connectivity index (χ4n) is 2.41. The molecule has 0 amide bonds. The third-order valence-corrected chi connectivity index (χ3v) is 3.30. The summed E-state index contributed by atoms with van der Waals surface area (Å²) >= 11 is 0. The first-order chi connectivity index (χ1) is 7.18. The summed E-state index contributed by atoms with van der Waals surface area (Å²) in [5.41, 5.74) is 2.38. The minimum atomic E-state index is -0.00490. The van der Waals surface area contributed by atoms with Gasteiger partial charge in [0.2, 0.25) is 5.56 Å². The molecule has 1 aliphatic heterocycles. The topological polar surface area (TPSA) is 36.1 Å². The molecule has 2 heterocycles. The Morgan fingerprint density at radius 1 is 1.47 bits per heavy atom. The molecule has 0 bridgehead atoms. The van der Waals surface area contributed by atoms with Gasteiger partial charge in [-0.15, -0.1) is 0 Å². The highest BCUT2D eigenvalue weighted by Crippen LogP contribution is 2.30. The van der Waals surface area contributed by atoms with E-state index in [2.05, 4.69) is 16.9 Å². The van der Waals surface area contributed by atoms with E-state index in [1.54, 1.807) is 6.07 Å². The summed E-state index contributed by atoms with van der Waals surface area (Å²) in [7, 11) is 2.16. The fourth-order valence-corrected chi connectivity index (χ4v) is 2.41. The fraction of sp³-hybridized carbons (Fsp3) is 0.583. The van der Waals surface area contributed by atoms with Crippen molar-refractivity contribution in [2.75, 3.05) is 13.6 Å². The van der Waals surface area contributed by atoms with E-state index in [4.69, 9.17) is 0 Å². The predicted octanol–water partition coefficient (Wildman–Crippen LogP) is 1.84. The Hall–Kier alpha value is -1.09. The van der Waals surface area contributed by atoms with Crippen molar-refractivity contribution in [2.45, 2.75) is 32.2 Å². The van der Waals surface area contributed by atoms with Crippen molar-refractivity contribution in [3.8, 4) is 0 Å². The maximum atomic E-state index is 11.1. The van der Waals surface area contributed by atoms with Gasteiger partial charge in [-0.25, -0.2) is 0 Å². The second-order valence-electron chi connectivity index (χ2n) is 4.43. The SMILES string of the molecule is Cc1cc(=O)[nH]cc1C1CCCCN1C. The monoisotopic (exact) mass is 206 g/mol. The molecule has 0 aliphatic carbocycles. The van der Waals surface area contributed by atoms with E-state index in [-0.39, 0.29) is 5.56 Å². The van der Waals surface area contributed by atoms with Crippen LogP contribution in [-0.4, -0.2) is 23.5 Å². The molecule has 0 saturated carbocycles. The molecule has 0 spiro atoms. The number of pyridine rings is 1. The lowest BCUT2D eigenvalue weighted by Gasteiger charge is -2.33. The normalized spacial score (nSPS) is 22.9. The summed E-state index contributed by atoms with van der Waals surface area (Å²) in [6.07, 6.45) is 5.65. The maximum absolute atomic E-state index is 11.1. The number of aromatic amines is 1. The van der Waals surface area contributed by atoms with Crippen LogP contribution in [0.3, 0.4) is 0 Å². The molecule has 3 heteroatoms.